The van der Waals surface area contributed by atoms with Gasteiger partial charge in [0.1, 0.15) is 6.10 Å². The fraction of sp³-hybridized carbons (Fsp3) is 0.837. The molecule has 0 aliphatic carbocycles. The third-order valence-corrected chi connectivity index (χ3v) is 10.7. The zero-order valence-corrected chi connectivity index (χ0v) is 36.6. The van der Waals surface area contributed by atoms with Crippen LogP contribution in [0.5, 0.6) is 0 Å². The summed E-state index contributed by atoms with van der Waals surface area (Å²) < 4.78 is 5.87. The SMILES string of the molecule is CCCCCCCC/C=C\CCCCCC(=O)OC(CCC/C=C/C=C/CCCCCCCCC)CC(=O)NC(CO)C(O)CCCCCCCCCCC. The maximum Gasteiger partial charge on any atom is 0.306 e. The molecule has 3 N–H and O–H groups in total. The van der Waals surface area contributed by atoms with Crippen molar-refractivity contribution in [3.05, 3.63) is 36.5 Å². The molecule has 0 heterocycles. The van der Waals surface area contributed by atoms with E-state index in [9.17, 15) is 19.8 Å². The molecule has 0 spiro atoms. The molecule has 6 heteroatoms. The first-order chi connectivity index (χ1) is 27.0. The number of aliphatic hydroxyl groups is 2. The lowest BCUT2D eigenvalue weighted by Gasteiger charge is -2.24. The highest BCUT2D eigenvalue weighted by molar-refractivity contribution is 5.77. The highest BCUT2D eigenvalue weighted by Crippen LogP contribution is 2.16. The van der Waals surface area contributed by atoms with Gasteiger partial charge in [-0.05, 0) is 70.6 Å². The van der Waals surface area contributed by atoms with Gasteiger partial charge in [-0.2, -0.15) is 0 Å². The smallest absolute Gasteiger partial charge is 0.306 e. The Morgan fingerprint density at radius 1 is 0.527 bits per heavy atom. The summed E-state index contributed by atoms with van der Waals surface area (Å²) in [7, 11) is 0. The van der Waals surface area contributed by atoms with E-state index < -0.39 is 18.2 Å². The van der Waals surface area contributed by atoms with Gasteiger partial charge >= 0.3 is 5.97 Å². The average Bonchev–Trinajstić information content (AvgIpc) is 3.18. The Morgan fingerprint density at radius 2 is 0.945 bits per heavy atom. The predicted octanol–water partition coefficient (Wildman–Crippen LogP) is 13.7. The minimum absolute atomic E-state index is 0.0401. The monoisotopic (exact) mass is 774 g/mol. The highest BCUT2D eigenvalue weighted by atomic mass is 16.5. The highest BCUT2D eigenvalue weighted by Gasteiger charge is 2.24. The van der Waals surface area contributed by atoms with Crippen LogP contribution in [-0.2, 0) is 14.3 Å². The normalized spacial score (nSPS) is 13.6. The third-order valence-electron chi connectivity index (χ3n) is 10.7. The molecule has 0 radical (unpaired) electrons. The molecule has 0 aliphatic heterocycles. The van der Waals surface area contributed by atoms with Crippen LogP contribution < -0.4 is 5.32 Å². The van der Waals surface area contributed by atoms with Gasteiger partial charge in [0.2, 0.25) is 5.91 Å². The zero-order valence-electron chi connectivity index (χ0n) is 36.6. The Labute approximate surface area is 341 Å². The molecule has 6 nitrogen and oxygen atoms in total. The zero-order chi connectivity index (χ0) is 40.3. The molecule has 0 bridgehead atoms. The van der Waals surface area contributed by atoms with Crippen molar-refractivity contribution in [2.75, 3.05) is 6.61 Å². The first-order valence-corrected chi connectivity index (χ1v) is 23.7. The van der Waals surface area contributed by atoms with Gasteiger partial charge in [0, 0.05) is 6.42 Å². The third kappa shape index (κ3) is 38.7. The number of hydrogen-bond donors (Lipinski definition) is 3. The van der Waals surface area contributed by atoms with Crippen LogP contribution in [0.3, 0.4) is 0 Å². The van der Waals surface area contributed by atoms with E-state index in [0.717, 1.165) is 70.6 Å². The number of carbonyl (C=O) groups is 2. The van der Waals surface area contributed by atoms with Gasteiger partial charge in [-0.25, -0.2) is 0 Å². The van der Waals surface area contributed by atoms with Crippen LogP contribution in [0.25, 0.3) is 0 Å². The van der Waals surface area contributed by atoms with Crippen molar-refractivity contribution < 1.29 is 24.5 Å². The number of aliphatic hydroxyl groups excluding tert-OH is 2. The summed E-state index contributed by atoms with van der Waals surface area (Å²) in [5.74, 6) is -0.538. The van der Waals surface area contributed by atoms with Crippen LogP contribution in [0.1, 0.15) is 239 Å². The predicted molar refractivity (Wildman–Crippen MR) is 236 cm³/mol. The quantitative estimate of drug-likeness (QED) is 0.0248. The summed E-state index contributed by atoms with van der Waals surface area (Å²) in [6.07, 6.45) is 49.2. The van der Waals surface area contributed by atoms with Crippen molar-refractivity contribution in [2.45, 2.75) is 257 Å². The topological polar surface area (TPSA) is 95.9 Å². The Hall–Kier alpha value is -1.92. The Balaban J connectivity index is 4.69. The summed E-state index contributed by atoms with van der Waals surface area (Å²) in [5, 5.41) is 23.6. The van der Waals surface area contributed by atoms with Crippen molar-refractivity contribution in [2.24, 2.45) is 0 Å². The molecule has 55 heavy (non-hydrogen) atoms. The lowest BCUT2D eigenvalue weighted by molar-refractivity contribution is -0.151. The molecule has 3 unspecified atom stereocenters. The van der Waals surface area contributed by atoms with Gasteiger partial charge in [0.05, 0.1) is 25.2 Å². The van der Waals surface area contributed by atoms with Crippen LogP contribution in [0.4, 0.5) is 0 Å². The van der Waals surface area contributed by atoms with Gasteiger partial charge in [-0.1, -0.05) is 192 Å². The van der Waals surface area contributed by atoms with Crippen molar-refractivity contribution in [1.29, 1.82) is 0 Å². The summed E-state index contributed by atoms with van der Waals surface area (Å²) in [5.41, 5.74) is 0. The van der Waals surface area contributed by atoms with Crippen molar-refractivity contribution in [3.8, 4) is 0 Å². The molecule has 0 aromatic heterocycles. The number of hydrogen-bond acceptors (Lipinski definition) is 5. The van der Waals surface area contributed by atoms with E-state index in [1.165, 1.54) is 122 Å². The molecule has 0 aromatic rings. The maximum atomic E-state index is 13.1. The van der Waals surface area contributed by atoms with E-state index in [4.69, 9.17) is 4.74 Å². The largest absolute Gasteiger partial charge is 0.462 e. The number of rotatable bonds is 42. The van der Waals surface area contributed by atoms with E-state index in [1.54, 1.807) is 0 Å². The Morgan fingerprint density at radius 3 is 1.44 bits per heavy atom. The van der Waals surface area contributed by atoms with Gasteiger partial charge in [0.25, 0.3) is 0 Å². The number of carbonyl (C=O) groups excluding carboxylic acids is 2. The van der Waals surface area contributed by atoms with E-state index in [-0.39, 0.29) is 24.9 Å². The van der Waals surface area contributed by atoms with Crippen LogP contribution in [0.15, 0.2) is 36.5 Å². The van der Waals surface area contributed by atoms with Crippen molar-refractivity contribution >= 4 is 11.9 Å². The summed E-state index contributed by atoms with van der Waals surface area (Å²) in [6, 6.07) is -0.714. The van der Waals surface area contributed by atoms with Crippen LogP contribution in [-0.4, -0.2) is 46.9 Å². The number of nitrogens with one attached hydrogen (secondary N) is 1. The molecule has 0 aliphatic rings. The van der Waals surface area contributed by atoms with Gasteiger partial charge in [-0.15, -0.1) is 0 Å². The van der Waals surface area contributed by atoms with Gasteiger partial charge in [0.15, 0.2) is 0 Å². The number of allylic oxidation sites excluding steroid dienone is 6. The van der Waals surface area contributed by atoms with E-state index in [2.05, 4.69) is 62.5 Å². The van der Waals surface area contributed by atoms with Crippen LogP contribution in [0, 0.1) is 0 Å². The van der Waals surface area contributed by atoms with E-state index in [0.29, 0.717) is 19.3 Å². The summed E-state index contributed by atoms with van der Waals surface area (Å²) >= 11 is 0. The number of esters is 1. The summed E-state index contributed by atoms with van der Waals surface area (Å²) in [6.45, 7) is 6.43. The van der Waals surface area contributed by atoms with Crippen LogP contribution >= 0.6 is 0 Å². The van der Waals surface area contributed by atoms with Crippen LogP contribution in [0.2, 0.25) is 0 Å². The molecule has 0 rings (SSSR count). The molecular weight excluding hydrogens is 683 g/mol. The second-order valence-electron chi connectivity index (χ2n) is 16.2. The molecule has 1 amide bonds. The first kappa shape index (κ1) is 53.1. The molecular formula is C49H91NO5. The lowest BCUT2D eigenvalue weighted by atomic mass is 10.0. The molecule has 3 atom stereocenters. The minimum Gasteiger partial charge on any atom is -0.462 e. The standard InChI is InChI=1S/C49H91NO5/c1-4-7-10-13-16-19-21-23-25-26-29-31-34-37-40-45(55-49(54)42-39-36-33-30-27-24-22-20-17-14-11-8-5-2)43-48(53)50-46(44-51)47(52)41-38-35-32-28-18-15-12-9-6-3/h24-27,29,31,45-47,51-52H,4-23,28,30,32-44H2,1-3H3,(H,50,53)/b26-25+,27-24-,31-29+. The Kier molecular flexibility index (Phi) is 41.7. The molecule has 0 saturated carbocycles. The number of ether oxygens (including phenoxy) is 1. The average molecular weight is 774 g/mol. The second kappa shape index (κ2) is 43.2. The number of unbranched alkanes of at least 4 members (excludes halogenated alkanes) is 25. The van der Waals surface area contributed by atoms with Crippen molar-refractivity contribution in [3.63, 3.8) is 0 Å². The molecule has 0 fully saturated rings. The Bertz CT molecular complexity index is 915. The maximum absolute atomic E-state index is 13.1. The fourth-order valence-corrected chi connectivity index (χ4v) is 7.07. The lowest BCUT2D eigenvalue weighted by Crippen LogP contribution is -2.46. The van der Waals surface area contributed by atoms with E-state index in [1.807, 2.05) is 0 Å². The molecule has 322 valence electrons. The minimum atomic E-state index is -0.797. The second-order valence-corrected chi connectivity index (χ2v) is 16.2. The molecule has 0 saturated heterocycles. The first-order valence-electron chi connectivity index (χ1n) is 23.7. The fourth-order valence-electron chi connectivity index (χ4n) is 7.07. The van der Waals surface area contributed by atoms with Crippen molar-refractivity contribution in [1.82, 2.24) is 5.32 Å². The van der Waals surface area contributed by atoms with Gasteiger partial charge < -0.3 is 20.3 Å². The number of amides is 1. The van der Waals surface area contributed by atoms with E-state index >= 15 is 0 Å². The summed E-state index contributed by atoms with van der Waals surface area (Å²) in [4.78, 5) is 26.0. The van der Waals surface area contributed by atoms with Gasteiger partial charge in [-0.3, -0.25) is 9.59 Å². The molecule has 0 aromatic carbocycles.